The summed E-state index contributed by atoms with van der Waals surface area (Å²) in [4.78, 5) is 20.2. The van der Waals surface area contributed by atoms with Gasteiger partial charge in [-0.1, -0.05) is 45.0 Å². The van der Waals surface area contributed by atoms with Crippen LogP contribution in [-0.2, 0) is 4.79 Å². The molecule has 192 valence electrons. The van der Waals surface area contributed by atoms with Gasteiger partial charge in [-0.05, 0) is 66.0 Å². The highest BCUT2D eigenvalue weighted by Gasteiger charge is 2.38. The Hall–Kier alpha value is -3.07. The van der Waals surface area contributed by atoms with Gasteiger partial charge in [0.2, 0.25) is 5.91 Å². The molecule has 6 nitrogen and oxygen atoms in total. The number of aliphatic carboxylic acids is 1. The van der Waals surface area contributed by atoms with Crippen molar-refractivity contribution >= 4 is 11.9 Å². The van der Waals surface area contributed by atoms with Crippen LogP contribution in [0.15, 0.2) is 48.5 Å². The van der Waals surface area contributed by atoms with Gasteiger partial charge in [-0.2, -0.15) is 13.2 Å². The van der Waals surface area contributed by atoms with Crippen molar-refractivity contribution in [2.75, 3.05) is 13.2 Å². The highest BCUT2D eigenvalue weighted by Crippen LogP contribution is 2.38. The molecule has 1 aliphatic rings. The normalized spacial score (nSPS) is 19.3. The third-order valence-corrected chi connectivity index (χ3v) is 5.77. The lowest BCUT2D eigenvalue weighted by Gasteiger charge is -2.39. The fourth-order valence-corrected chi connectivity index (χ4v) is 4.53. The van der Waals surface area contributed by atoms with Crippen molar-refractivity contribution < 1.29 is 32.6 Å². The predicted molar refractivity (Wildman–Crippen MR) is 128 cm³/mol. The van der Waals surface area contributed by atoms with Crippen molar-refractivity contribution in [3.8, 4) is 16.9 Å². The number of carbonyl (C=O) groups is 2. The van der Waals surface area contributed by atoms with Gasteiger partial charge >= 0.3 is 12.1 Å². The molecule has 0 aliphatic heterocycles. The van der Waals surface area contributed by atoms with Gasteiger partial charge in [0.05, 0.1) is 0 Å². The van der Waals surface area contributed by atoms with E-state index in [4.69, 9.17) is 20.4 Å². The van der Waals surface area contributed by atoms with Gasteiger partial charge in [0, 0.05) is 18.2 Å². The van der Waals surface area contributed by atoms with E-state index in [9.17, 15) is 18.0 Å². The summed E-state index contributed by atoms with van der Waals surface area (Å²) < 4.78 is 37.6. The average molecular weight is 495 g/mol. The van der Waals surface area contributed by atoms with Gasteiger partial charge in [-0.25, -0.2) is 4.79 Å². The van der Waals surface area contributed by atoms with Crippen molar-refractivity contribution in [2.24, 2.45) is 17.1 Å². The molecule has 0 aromatic heterocycles. The number of rotatable bonds is 7. The van der Waals surface area contributed by atoms with Crippen LogP contribution >= 0.6 is 0 Å². The molecular weight excluding hydrogens is 461 g/mol. The van der Waals surface area contributed by atoms with Crippen LogP contribution in [0, 0.1) is 11.3 Å². The minimum atomic E-state index is -5.08. The summed E-state index contributed by atoms with van der Waals surface area (Å²) in [5.74, 6) is -1.53. The molecule has 1 fully saturated rings. The van der Waals surface area contributed by atoms with Gasteiger partial charge in [0.15, 0.2) is 0 Å². The molecule has 0 heterocycles. The number of nitrogens with one attached hydrogen (secondary N) is 1. The quantitative estimate of drug-likeness (QED) is 0.455. The second-order valence-electron chi connectivity index (χ2n) is 9.69. The largest absolute Gasteiger partial charge is 0.492 e. The number of hydrogen-bond donors (Lipinski definition) is 3. The number of carboxylic acid groups (broad SMARTS) is 1. The van der Waals surface area contributed by atoms with Crippen LogP contribution in [0.1, 0.15) is 50.4 Å². The van der Waals surface area contributed by atoms with Crippen molar-refractivity contribution in [1.29, 1.82) is 0 Å². The van der Waals surface area contributed by atoms with E-state index in [1.165, 1.54) is 19.3 Å². The number of amides is 1. The zero-order valence-electron chi connectivity index (χ0n) is 20.2. The molecule has 0 bridgehead atoms. The average Bonchev–Trinajstić information content (AvgIpc) is 2.75. The van der Waals surface area contributed by atoms with Crippen molar-refractivity contribution in [2.45, 2.75) is 52.3 Å². The lowest BCUT2D eigenvalue weighted by Crippen LogP contribution is -2.41. The fraction of sp³-hybridized carbons (Fsp3) is 0.462. The lowest BCUT2D eigenvalue weighted by atomic mass is 9.70. The third-order valence-electron chi connectivity index (χ3n) is 5.77. The first-order valence-corrected chi connectivity index (χ1v) is 11.4. The second-order valence-corrected chi connectivity index (χ2v) is 9.69. The van der Waals surface area contributed by atoms with Gasteiger partial charge < -0.3 is 20.9 Å². The number of benzene rings is 2. The highest BCUT2D eigenvalue weighted by molar-refractivity contribution is 5.94. The summed E-state index contributed by atoms with van der Waals surface area (Å²) in [7, 11) is 0. The Kier molecular flexibility index (Phi) is 9.71. The summed E-state index contributed by atoms with van der Waals surface area (Å²) in [5, 5.41) is 10.8. The predicted octanol–water partition coefficient (Wildman–Crippen LogP) is 5.27. The molecule has 2 aromatic rings. The molecule has 3 rings (SSSR count). The standard InChI is InChI=1S/C24H32N2O2.C2HF3O2/c1-17-13-21(16-24(2,3)15-17)26-11-12-28-22-9-7-18(8-10-22)19-5-4-6-20(14-19)23(25)27;3-2(4,5)1(6)7/h4-10,14,17,21,26H,11-13,15-16H2,1-3H3,(H2,25,27);(H,6,7). The molecule has 1 saturated carbocycles. The van der Waals surface area contributed by atoms with Gasteiger partial charge in [0.1, 0.15) is 12.4 Å². The Morgan fingerprint density at radius 2 is 1.74 bits per heavy atom. The number of primary amides is 1. The zero-order chi connectivity index (χ0) is 26.2. The van der Waals surface area contributed by atoms with Crippen LogP contribution in [0.3, 0.4) is 0 Å². The summed E-state index contributed by atoms with van der Waals surface area (Å²) in [6.07, 6.45) is -1.28. The Balaban J connectivity index is 0.000000540. The molecule has 0 spiro atoms. The minimum absolute atomic E-state index is 0.412. The monoisotopic (exact) mass is 494 g/mol. The van der Waals surface area contributed by atoms with Crippen molar-refractivity contribution in [1.82, 2.24) is 5.32 Å². The molecule has 1 aliphatic carbocycles. The number of carboxylic acids is 1. The van der Waals surface area contributed by atoms with E-state index in [1.54, 1.807) is 6.07 Å². The van der Waals surface area contributed by atoms with Crippen LogP contribution in [0.25, 0.3) is 11.1 Å². The maximum Gasteiger partial charge on any atom is 0.490 e. The zero-order valence-corrected chi connectivity index (χ0v) is 20.2. The van der Waals surface area contributed by atoms with Crippen LogP contribution in [0.5, 0.6) is 5.75 Å². The molecule has 2 atom stereocenters. The van der Waals surface area contributed by atoms with E-state index in [0.29, 0.717) is 23.6 Å². The summed E-state index contributed by atoms with van der Waals surface area (Å²) >= 11 is 0. The van der Waals surface area contributed by atoms with Gasteiger partial charge in [-0.3, -0.25) is 4.79 Å². The van der Waals surface area contributed by atoms with E-state index in [2.05, 4.69) is 26.1 Å². The molecule has 35 heavy (non-hydrogen) atoms. The minimum Gasteiger partial charge on any atom is -0.492 e. The van der Waals surface area contributed by atoms with Crippen LogP contribution < -0.4 is 15.8 Å². The van der Waals surface area contributed by atoms with E-state index in [1.807, 2.05) is 42.5 Å². The first-order chi connectivity index (χ1) is 16.3. The number of hydrogen-bond acceptors (Lipinski definition) is 4. The summed E-state index contributed by atoms with van der Waals surface area (Å²) in [5.41, 5.74) is 8.32. The summed E-state index contributed by atoms with van der Waals surface area (Å²) in [6.45, 7) is 8.60. The number of nitrogens with two attached hydrogens (primary N) is 1. The first kappa shape index (κ1) is 28.2. The molecule has 0 saturated heterocycles. The maximum absolute atomic E-state index is 11.3. The molecular formula is C26H33F3N2O4. The van der Waals surface area contributed by atoms with E-state index >= 15 is 0 Å². The maximum atomic E-state index is 11.3. The Morgan fingerprint density at radius 3 is 2.29 bits per heavy atom. The third kappa shape index (κ3) is 9.60. The first-order valence-electron chi connectivity index (χ1n) is 11.4. The second kappa shape index (κ2) is 12.1. The SMILES string of the molecule is CC1CC(NCCOc2ccc(-c3cccc(C(N)=O)c3)cc2)CC(C)(C)C1.O=C(O)C(F)(F)F. The van der Waals surface area contributed by atoms with E-state index < -0.39 is 18.1 Å². The number of halogens is 3. The van der Waals surface area contributed by atoms with Crippen LogP contribution in [0.2, 0.25) is 0 Å². The van der Waals surface area contributed by atoms with E-state index in [0.717, 1.165) is 29.3 Å². The molecule has 4 N–H and O–H groups in total. The Labute approximate surface area is 203 Å². The Bertz CT molecular complexity index is 991. The molecule has 0 radical (unpaired) electrons. The van der Waals surface area contributed by atoms with E-state index in [-0.39, 0.29) is 0 Å². The van der Waals surface area contributed by atoms with Crippen molar-refractivity contribution in [3.05, 3.63) is 54.1 Å². The fourth-order valence-electron chi connectivity index (χ4n) is 4.53. The van der Waals surface area contributed by atoms with Gasteiger partial charge in [0.25, 0.3) is 0 Å². The molecule has 2 aromatic carbocycles. The summed E-state index contributed by atoms with van der Waals surface area (Å²) in [6, 6.07) is 15.9. The number of ether oxygens (including phenoxy) is 1. The van der Waals surface area contributed by atoms with Crippen molar-refractivity contribution in [3.63, 3.8) is 0 Å². The van der Waals surface area contributed by atoms with Crippen LogP contribution in [0.4, 0.5) is 13.2 Å². The smallest absolute Gasteiger partial charge is 0.490 e. The molecule has 2 unspecified atom stereocenters. The highest BCUT2D eigenvalue weighted by atomic mass is 19.4. The Morgan fingerprint density at radius 1 is 1.11 bits per heavy atom. The lowest BCUT2D eigenvalue weighted by molar-refractivity contribution is -0.192. The number of alkyl halides is 3. The number of carbonyl (C=O) groups excluding carboxylic acids is 1. The molecule has 9 heteroatoms. The topological polar surface area (TPSA) is 102 Å². The van der Waals surface area contributed by atoms with Crippen LogP contribution in [-0.4, -0.2) is 42.4 Å². The van der Waals surface area contributed by atoms with Gasteiger partial charge in [-0.15, -0.1) is 0 Å². The molecule has 1 amide bonds.